The Morgan fingerprint density at radius 2 is 1.62 bits per heavy atom. The minimum Gasteiger partial charge on any atom is -0.398 e. The van der Waals surface area contributed by atoms with Crippen molar-refractivity contribution in [3.63, 3.8) is 0 Å². The van der Waals surface area contributed by atoms with Gasteiger partial charge in [-0.25, -0.2) is 13.6 Å². The van der Waals surface area contributed by atoms with Gasteiger partial charge in [-0.05, 0) is 47.0 Å². The third kappa shape index (κ3) is 5.60. The van der Waals surface area contributed by atoms with E-state index in [4.69, 9.17) is 16.6 Å². The molecule has 0 aliphatic rings. The fourth-order valence-electron chi connectivity index (χ4n) is 3.05. The van der Waals surface area contributed by atoms with Gasteiger partial charge in [-0.1, -0.05) is 42.5 Å². The number of carbonyl (C=O) groups is 2. The van der Waals surface area contributed by atoms with Crippen molar-refractivity contribution in [3.8, 4) is 11.1 Å². The minimum atomic E-state index is -3.85. The Kier molecular flexibility index (Phi) is 6.72. The number of nitrogens with one attached hydrogen (secondary N) is 1. The molecule has 0 saturated carbocycles. The Morgan fingerprint density at radius 1 is 0.969 bits per heavy atom. The Labute approximate surface area is 185 Å². The second kappa shape index (κ2) is 9.46. The van der Waals surface area contributed by atoms with Crippen LogP contribution in [0.25, 0.3) is 17.2 Å². The van der Waals surface area contributed by atoms with Gasteiger partial charge in [0.1, 0.15) is 0 Å². The molecule has 0 atom stereocenters. The largest absolute Gasteiger partial charge is 0.398 e. The molecular weight excluding hydrogens is 428 g/mol. The van der Waals surface area contributed by atoms with Crippen molar-refractivity contribution in [2.24, 2.45) is 10.9 Å². The summed E-state index contributed by atoms with van der Waals surface area (Å²) in [6, 6.07) is 18.3. The van der Waals surface area contributed by atoms with Crippen LogP contribution in [0.3, 0.4) is 0 Å². The van der Waals surface area contributed by atoms with E-state index < -0.39 is 15.9 Å². The van der Waals surface area contributed by atoms with Crippen molar-refractivity contribution < 1.29 is 18.0 Å². The summed E-state index contributed by atoms with van der Waals surface area (Å²) >= 11 is 0. The summed E-state index contributed by atoms with van der Waals surface area (Å²) in [6.07, 6.45) is 2.88. The number of nitrogens with two attached hydrogens (primary N) is 3. The number of carbonyl (C=O) groups excluding carboxylic acids is 2. The van der Waals surface area contributed by atoms with Crippen LogP contribution in [0, 0.1) is 0 Å². The number of primary amides is 1. The van der Waals surface area contributed by atoms with Crippen LogP contribution >= 0.6 is 0 Å². The van der Waals surface area contributed by atoms with Crippen molar-refractivity contribution in [3.05, 3.63) is 89.5 Å². The van der Waals surface area contributed by atoms with Gasteiger partial charge in [0, 0.05) is 18.2 Å². The lowest BCUT2D eigenvalue weighted by atomic mass is 9.96. The van der Waals surface area contributed by atoms with Crippen molar-refractivity contribution in [1.29, 1.82) is 0 Å². The average Bonchev–Trinajstić information content (AvgIpc) is 2.77. The lowest BCUT2D eigenvalue weighted by Gasteiger charge is -2.12. The van der Waals surface area contributed by atoms with Crippen molar-refractivity contribution in [2.45, 2.75) is 11.4 Å². The topological polar surface area (TPSA) is 158 Å². The molecule has 0 aliphatic heterocycles. The zero-order chi connectivity index (χ0) is 23.3. The van der Waals surface area contributed by atoms with Crippen LogP contribution in [0.4, 0.5) is 5.69 Å². The molecule has 7 N–H and O–H groups in total. The van der Waals surface area contributed by atoms with Crippen LogP contribution in [0.5, 0.6) is 0 Å². The number of benzene rings is 3. The van der Waals surface area contributed by atoms with Gasteiger partial charge in [0.25, 0.3) is 5.91 Å². The average molecular weight is 451 g/mol. The fourth-order valence-corrected chi connectivity index (χ4v) is 3.57. The van der Waals surface area contributed by atoms with E-state index in [0.717, 1.165) is 5.56 Å². The van der Waals surface area contributed by atoms with Crippen LogP contribution in [0.15, 0.2) is 77.7 Å². The van der Waals surface area contributed by atoms with Gasteiger partial charge in [0.05, 0.1) is 16.1 Å². The number of hydrogen-bond donors (Lipinski definition) is 4. The smallest absolute Gasteiger partial charge is 0.250 e. The number of nitrogen functional groups attached to an aromatic ring is 1. The maximum atomic E-state index is 12.2. The molecule has 3 rings (SSSR count). The van der Waals surface area contributed by atoms with Crippen LogP contribution < -0.4 is 21.9 Å². The van der Waals surface area contributed by atoms with Crippen LogP contribution in [0.2, 0.25) is 0 Å². The van der Waals surface area contributed by atoms with Crippen molar-refractivity contribution in [2.75, 3.05) is 5.73 Å². The lowest BCUT2D eigenvalue weighted by Crippen LogP contribution is -2.20. The summed E-state index contributed by atoms with van der Waals surface area (Å²) in [4.78, 5) is 24.0. The van der Waals surface area contributed by atoms with Gasteiger partial charge in [0.15, 0.2) is 0 Å². The molecule has 3 aromatic carbocycles. The standard InChI is InChI=1S/C23H22N4O4S/c24-22-19(17-7-9-18(10-8-17)32(26,30)31)12-16(13-20(22)23(25)29)6-11-21(28)27-14-15-4-2-1-3-5-15/h1-13H,14,24H2,(H2,25,29)(H,27,28)(H2,26,30,31)/b11-6+. The van der Waals surface area contributed by atoms with E-state index in [1.54, 1.807) is 6.07 Å². The Bertz CT molecular complexity index is 1290. The molecule has 0 radical (unpaired) electrons. The van der Waals surface area contributed by atoms with E-state index in [2.05, 4.69) is 5.32 Å². The van der Waals surface area contributed by atoms with Gasteiger partial charge in [0.2, 0.25) is 15.9 Å². The highest BCUT2D eigenvalue weighted by atomic mass is 32.2. The van der Waals surface area contributed by atoms with E-state index in [1.165, 1.54) is 42.5 Å². The number of sulfonamides is 1. The summed E-state index contributed by atoms with van der Waals surface area (Å²) < 4.78 is 23.0. The molecule has 9 heteroatoms. The van der Waals surface area contributed by atoms with Crippen LogP contribution in [0.1, 0.15) is 21.5 Å². The van der Waals surface area contributed by atoms with Crippen LogP contribution in [-0.2, 0) is 21.4 Å². The van der Waals surface area contributed by atoms with E-state index in [0.29, 0.717) is 23.2 Å². The number of hydrogen-bond acceptors (Lipinski definition) is 5. The minimum absolute atomic E-state index is 0.0546. The summed E-state index contributed by atoms with van der Waals surface area (Å²) in [6.45, 7) is 0.375. The predicted octanol–water partition coefficient (Wildman–Crippen LogP) is 2.01. The number of anilines is 1. The SMILES string of the molecule is NC(=O)c1cc(/C=C/C(=O)NCc2ccccc2)cc(-c2ccc(S(N)(=O)=O)cc2)c1N. The third-order valence-corrected chi connectivity index (χ3v) is 5.63. The monoisotopic (exact) mass is 450 g/mol. The zero-order valence-corrected chi connectivity index (χ0v) is 17.8. The molecule has 0 fully saturated rings. The molecule has 0 heterocycles. The molecule has 2 amide bonds. The molecule has 0 aliphatic carbocycles. The number of rotatable bonds is 7. The highest BCUT2D eigenvalue weighted by molar-refractivity contribution is 7.89. The number of amides is 2. The van der Waals surface area contributed by atoms with E-state index in [-0.39, 0.29) is 22.1 Å². The first-order valence-electron chi connectivity index (χ1n) is 9.51. The molecule has 0 unspecified atom stereocenters. The molecular formula is C23H22N4O4S. The molecule has 0 saturated heterocycles. The zero-order valence-electron chi connectivity index (χ0n) is 17.0. The van der Waals surface area contributed by atoms with E-state index in [1.807, 2.05) is 30.3 Å². The first-order valence-corrected chi connectivity index (χ1v) is 11.1. The molecule has 8 nitrogen and oxygen atoms in total. The van der Waals surface area contributed by atoms with Gasteiger partial charge >= 0.3 is 0 Å². The van der Waals surface area contributed by atoms with Crippen LogP contribution in [-0.4, -0.2) is 20.2 Å². The molecule has 0 spiro atoms. The number of primary sulfonamides is 1. The quantitative estimate of drug-likeness (QED) is 0.320. The first kappa shape index (κ1) is 22.7. The summed E-state index contributed by atoms with van der Waals surface area (Å²) in [5.41, 5.74) is 14.3. The molecule has 164 valence electrons. The van der Waals surface area contributed by atoms with Crippen molar-refractivity contribution >= 4 is 33.6 Å². The Morgan fingerprint density at radius 3 is 2.22 bits per heavy atom. The summed E-state index contributed by atoms with van der Waals surface area (Å²) in [7, 11) is -3.85. The van der Waals surface area contributed by atoms with Gasteiger partial charge < -0.3 is 16.8 Å². The summed E-state index contributed by atoms with van der Waals surface area (Å²) in [5, 5.41) is 7.91. The predicted molar refractivity (Wildman–Crippen MR) is 124 cm³/mol. The third-order valence-electron chi connectivity index (χ3n) is 4.70. The Balaban J connectivity index is 1.88. The second-order valence-electron chi connectivity index (χ2n) is 7.00. The fraction of sp³-hybridized carbons (Fsp3) is 0.0435. The molecule has 3 aromatic rings. The lowest BCUT2D eigenvalue weighted by molar-refractivity contribution is -0.116. The Hall–Kier alpha value is -3.95. The highest BCUT2D eigenvalue weighted by Gasteiger charge is 2.14. The molecule has 32 heavy (non-hydrogen) atoms. The molecule has 0 bridgehead atoms. The summed E-state index contributed by atoms with van der Waals surface area (Å²) in [5.74, 6) is -1.04. The highest BCUT2D eigenvalue weighted by Crippen LogP contribution is 2.31. The van der Waals surface area contributed by atoms with E-state index >= 15 is 0 Å². The first-order chi connectivity index (χ1) is 15.1. The van der Waals surface area contributed by atoms with Gasteiger partial charge in [-0.2, -0.15) is 0 Å². The maximum absolute atomic E-state index is 12.2. The second-order valence-corrected chi connectivity index (χ2v) is 8.56. The van der Waals surface area contributed by atoms with Gasteiger partial charge in [-0.15, -0.1) is 0 Å². The normalized spacial score (nSPS) is 11.4. The van der Waals surface area contributed by atoms with E-state index in [9.17, 15) is 18.0 Å². The van der Waals surface area contributed by atoms with Crippen molar-refractivity contribution in [1.82, 2.24) is 5.32 Å². The van der Waals surface area contributed by atoms with Gasteiger partial charge in [-0.3, -0.25) is 9.59 Å². The maximum Gasteiger partial charge on any atom is 0.250 e. The molecule has 0 aromatic heterocycles.